The number of aryl methyl sites for hydroxylation is 2. The first-order valence-corrected chi connectivity index (χ1v) is 10.6. The fraction of sp³-hybridized carbons (Fsp3) is 0.737. The molecule has 0 aromatic carbocycles. The summed E-state index contributed by atoms with van der Waals surface area (Å²) in [6.07, 6.45) is 7.34. The Bertz CT molecular complexity index is 654. The number of carbonyl (C=O) groups is 2. The van der Waals surface area contributed by atoms with Gasteiger partial charge in [-0.1, -0.05) is 19.3 Å². The number of urea groups is 1. The first-order valence-electron chi connectivity index (χ1n) is 9.77. The van der Waals surface area contributed by atoms with Crippen molar-refractivity contribution in [2.45, 2.75) is 83.8 Å². The van der Waals surface area contributed by atoms with Crippen molar-refractivity contribution in [3.63, 3.8) is 0 Å². The quantitative estimate of drug-likeness (QED) is 0.843. The Balaban J connectivity index is 1.58. The summed E-state index contributed by atoms with van der Waals surface area (Å²) in [5.41, 5.74) is 0.971. The number of hydrogen-bond acceptors (Lipinski definition) is 4. The van der Waals surface area contributed by atoms with Crippen LogP contribution >= 0.6 is 11.3 Å². The topological polar surface area (TPSA) is 74.3 Å². The molecule has 0 spiro atoms. The lowest BCUT2D eigenvalue weighted by Gasteiger charge is -2.29. The van der Waals surface area contributed by atoms with E-state index in [0.717, 1.165) is 41.3 Å². The number of nitrogens with one attached hydrogen (secondary N) is 2. The van der Waals surface area contributed by atoms with Crippen LogP contribution < -0.4 is 10.6 Å². The highest BCUT2D eigenvalue weighted by Gasteiger charge is 2.35. The Kier molecular flexibility index (Phi) is 6.16. The molecule has 1 aliphatic heterocycles. The summed E-state index contributed by atoms with van der Waals surface area (Å²) in [5, 5.41) is 7.24. The van der Waals surface area contributed by atoms with Crippen molar-refractivity contribution in [1.82, 2.24) is 20.5 Å². The molecule has 26 heavy (non-hydrogen) atoms. The third-order valence-electron chi connectivity index (χ3n) is 5.44. The van der Waals surface area contributed by atoms with Gasteiger partial charge in [0.2, 0.25) is 5.91 Å². The third-order valence-corrected chi connectivity index (χ3v) is 6.70. The number of thiazole rings is 1. The predicted molar refractivity (Wildman–Crippen MR) is 103 cm³/mol. The van der Waals surface area contributed by atoms with Crippen LogP contribution in [0.15, 0.2) is 0 Å². The maximum absolute atomic E-state index is 12.8. The van der Waals surface area contributed by atoms with Crippen molar-refractivity contribution in [3.05, 3.63) is 15.6 Å². The van der Waals surface area contributed by atoms with Gasteiger partial charge in [-0.25, -0.2) is 9.78 Å². The van der Waals surface area contributed by atoms with Gasteiger partial charge in [-0.3, -0.25) is 4.79 Å². The Hall–Kier alpha value is -1.63. The van der Waals surface area contributed by atoms with Crippen LogP contribution in [0.3, 0.4) is 0 Å². The van der Waals surface area contributed by atoms with Gasteiger partial charge in [-0.2, -0.15) is 0 Å². The van der Waals surface area contributed by atoms with E-state index in [1.165, 1.54) is 19.3 Å². The van der Waals surface area contributed by atoms with Crippen LogP contribution in [0.4, 0.5) is 4.79 Å². The van der Waals surface area contributed by atoms with Gasteiger partial charge in [-0.15, -0.1) is 11.3 Å². The Labute approximate surface area is 159 Å². The third kappa shape index (κ3) is 4.37. The molecule has 1 aromatic rings. The summed E-state index contributed by atoms with van der Waals surface area (Å²) in [6.45, 7) is 6.59. The Morgan fingerprint density at radius 2 is 1.88 bits per heavy atom. The molecule has 1 saturated carbocycles. The predicted octanol–water partition coefficient (Wildman–Crippen LogP) is 3.44. The second-order valence-electron chi connectivity index (χ2n) is 7.55. The number of likely N-dealkylation sites (tertiary alicyclic amines) is 1. The van der Waals surface area contributed by atoms with Crippen LogP contribution in [0.5, 0.6) is 0 Å². The lowest BCUT2D eigenvalue weighted by atomic mass is 9.96. The molecule has 1 saturated heterocycles. The van der Waals surface area contributed by atoms with E-state index in [4.69, 9.17) is 0 Å². The zero-order chi connectivity index (χ0) is 18.7. The monoisotopic (exact) mass is 378 g/mol. The molecular weight excluding hydrogens is 348 g/mol. The fourth-order valence-corrected chi connectivity index (χ4v) is 5.04. The van der Waals surface area contributed by atoms with E-state index in [2.05, 4.69) is 15.6 Å². The van der Waals surface area contributed by atoms with Gasteiger partial charge < -0.3 is 15.5 Å². The minimum absolute atomic E-state index is 0.0563. The zero-order valence-corrected chi connectivity index (χ0v) is 16.8. The summed E-state index contributed by atoms with van der Waals surface area (Å²) in [6, 6.07) is -0.262. The van der Waals surface area contributed by atoms with Crippen molar-refractivity contribution in [2.24, 2.45) is 0 Å². The minimum Gasteiger partial charge on any atom is -0.347 e. The zero-order valence-electron chi connectivity index (χ0n) is 16.0. The highest BCUT2D eigenvalue weighted by Crippen LogP contribution is 2.26. The van der Waals surface area contributed by atoms with Crippen molar-refractivity contribution < 1.29 is 9.59 Å². The molecule has 6 nitrogen and oxygen atoms in total. The Morgan fingerprint density at radius 3 is 2.54 bits per heavy atom. The second kappa shape index (κ2) is 8.37. The number of aromatic nitrogens is 1. The van der Waals surface area contributed by atoms with E-state index >= 15 is 0 Å². The van der Waals surface area contributed by atoms with Crippen LogP contribution in [-0.2, 0) is 4.79 Å². The van der Waals surface area contributed by atoms with Gasteiger partial charge in [0.25, 0.3) is 0 Å². The van der Waals surface area contributed by atoms with Crippen LogP contribution in [0.2, 0.25) is 0 Å². The molecular formula is C19H30N4O2S. The number of hydrogen-bond donors (Lipinski definition) is 2. The average Bonchev–Trinajstić information content (AvgIpc) is 3.22. The van der Waals surface area contributed by atoms with Crippen molar-refractivity contribution in [3.8, 4) is 0 Å². The second-order valence-corrected chi connectivity index (χ2v) is 8.78. The number of nitrogens with zero attached hydrogens (tertiary/aromatic N) is 2. The first-order chi connectivity index (χ1) is 12.5. The summed E-state index contributed by atoms with van der Waals surface area (Å²) in [5.74, 6) is -0.0563. The summed E-state index contributed by atoms with van der Waals surface area (Å²) in [7, 11) is 0. The van der Waals surface area contributed by atoms with Crippen molar-refractivity contribution >= 4 is 23.3 Å². The van der Waals surface area contributed by atoms with Crippen molar-refractivity contribution in [2.75, 3.05) is 6.54 Å². The van der Waals surface area contributed by atoms with Crippen molar-refractivity contribution in [1.29, 1.82) is 0 Å². The van der Waals surface area contributed by atoms with E-state index in [1.807, 2.05) is 20.8 Å². The smallest absolute Gasteiger partial charge is 0.318 e. The maximum atomic E-state index is 12.8. The fourth-order valence-electron chi connectivity index (χ4n) is 4.11. The molecule has 2 fully saturated rings. The van der Waals surface area contributed by atoms with Gasteiger partial charge in [-0.05, 0) is 46.5 Å². The van der Waals surface area contributed by atoms with E-state index < -0.39 is 0 Å². The number of carbonyl (C=O) groups excluding carboxylic acids is 2. The summed E-state index contributed by atoms with van der Waals surface area (Å²) < 4.78 is 0. The van der Waals surface area contributed by atoms with Gasteiger partial charge in [0.15, 0.2) is 0 Å². The molecule has 3 amide bonds. The highest BCUT2D eigenvalue weighted by atomic mass is 32.1. The van der Waals surface area contributed by atoms with Gasteiger partial charge in [0.1, 0.15) is 6.04 Å². The molecule has 2 unspecified atom stereocenters. The Morgan fingerprint density at radius 1 is 1.15 bits per heavy atom. The molecule has 2 heterocycles. The summed E-state index contributed by atoms with van der Waals surface area (Å²) in [4.78, 5) is 32.7. The van der Waals surface area contributed by atoms with E-state index in [0.29, 0.717) is 6.54 Å². The number of amides is 3. The highest BCUT2D eigenvalue weighted by molar-refractivity contribution is 7.11. The van der Waals surface area contributed by atoms with E-state index in [1.54, 1.807) is 16.2 Å². The molecule has 7 heteroatoms. The molecule has 1 aromatic heterocycles. The molecule has 3 rings (SSSR count). The van der Waals surface area contributed by atoms with Crippen LogP contribution in [-0.4, -0.2) is 40.5 Å². The molecule has 144 valence electrons. The van der Waals surface area contributed by atoms with Crippen LogP contribution in [0.25, 0.3) is 0 Å². The molecule has 2 aliphatic rings. The molecule has 0 radical (unpaired) electrons. The van der Waals surface area contributed by atoms with Crippen LogP contribution in [0.1, 0.15) is 73.5 Å². The average molecular weight is 379 g/mol. The van der Waals surface area contributed by atoms with Crippen LogP contribution in [0, 0.1) is 13.8 Å². The maximum Gasteiger partial charge on any atom is 0.318 e. The van der Waals surface area contributed by atoms with Gasteiger partial charge >= 0.3 is 6.03 Å². The molecule has 2 atom stereocenters. The lowest BCUT2D eigenvalue weighted by molar-refractivity contribution is -0.125. The molecule has 1 aliphatic carbocycles. The summed E-state index contributed by atoms with van der Waals surface area (Å²) >= 11 is 1.62. The van der Waals surface area contributed by atoms with E-state index in [9.17, 15) is 9.59 Å². The van der Waals surface area contributed by atoms with Gasteiger partial charge in [0, 0.05) is 17.5 Å². The number of rotatable bonds is 4. The largest absolute Gasteiger partial charge is 0.347 e. The molecule has 2 N–H and O–H groups in total. The normalized spacial score (nSPS) is 22.3. The molecule has 0 bridgehead atoms. The van der Waals surface area contributed by atoms with Gasteiger partial charge in [0.05, 0.1) is 16.7 Å². The van der Waals surface area contributed by atoms with E-state index in [-0.39, 0.29) is 30.1 Å². The SMILES string of the molecule is Cc1nc(C)c(C(C)NC(=O)C2CCCN2C(=O)NC2CCCCC2)s1. The first kappa shape index (κ1) is 19.1. The lowest BCUT2D eigenvalue weighted by Crippen LogP contribution is -2.52. The minimum atomic E-state index is -0.365. The standard InChI is InChI=1S/C19H30N4O2S/c1-12-17(26-14(3)20-12)13(2)21-18(24)16-10-7-11-23(16)19(25)22-15-8-5-4-6-9-15/h13,15-16H,4-11H2,1-3H3,(H,21,24)(H,22,25).